The summed E-state index contributed by atoms with van der Waals surface area (Å²) in [5.41, 5.74) is 9.95. The summed E-state index contributed by atoms with van der Waals surface area (Å²) in [6.07, 6.45) is 1.77. The van der Waals surface area contributed by atoms with E-state index < -0.39 is 5.91 Å². The van der Waals surface area contributed by atoms with Gasteiger partial charge in [0.1, 0.15) is 0 Å². The van der Waals surface area contributed by atoms with E-state index in [-0.39, 0.29) is 5.91 Å². The van der Waals surface area contributed by atoms with Crippen molar-refractivity contribution >= 4 is 22.7 Å². The minimum atomic E-state index is -0.494. The summed E-state index contributed by atoms with van der Waals surface area (Å²) in [7, 11) is 0. The SMILES string of the molecule is NC(=O)c1cc(-c2cccc(C(=O)NCc3ccccc3)c2)cc2cc[nH]c12. The van der Waals surface area contributed by atoms with Crippen molar-refractivity contribution in [2.75, 3.05) is 0 Å². The third-order valence-corrected chi connectivity index (χ3v) is 4.68. The number of benzene rings is 3. The Morgan fingerprint density at radius 1 is 0.893 bits per heavy atom. The molecule has 0 aliphatic rings. The predicted molar refractivity (Wildman–Crippen MR) is 110 cm³/mol. The number of carbonyl (C=O) groups excluding carboxylic acids is 2. The number of fused-ring (bicyclic) bond motifs is 1. The number of hydrogen-bond acceptors (Lipinski definition) is 2. The van der Waals surface area contributed by atoms with E-state index in [9.17, 15) is 9.59 Å². The summed E-state index contributed by atoms with van der Waals surface area (Å²) in [5.74, 6) is -0.644. The quantitative estimate of drug-likeness (QED) is 0.499. The maximum Gasteiger partial charge on any atom is 0.251 e. The Kier molecular flexibility index (Phi) is 4.64. The minimum absolute atomic E-state index is 0.149. The maximum absolute atomic E-state index is 12.6. The van der Waals surface area contributed by atoms with Crippen LogP contribution in [-0.4, -0.2) is 16.8 Å². The fraction of sp³-hybridized carbons (Fsp3) is 0.0435. The van der Waals surface area contributed by atoms with Crippen molar-refractivity contribution in [1.82, 2.24) is 10.3 Å². The highest BCUT2D eigenvalue weighted by Crippen LogP contribution is 2.27. The molecule has 3 aromatic carbocycles. The number of primary amides is 1. The molecule has 28 heavy (non-hydrogen) atoms. The van der Waals surface area contributed by atoms with Crippen molar-refractivity contribution in [2.24, 2.45) is 5.73 Å². The van der Waals surface area contributed by atoms with Crippen molar-refractivity contribution in [3.8, 4) is 11.1 Å². The molecule has 0 saturated heterocycles. The third kappa shape index (κ3) is 3.50. The van der Waals surface area contributed by atoms with Crippen LogP contribution in [0.3, 0.4) is 0 Å². The molecule has 0 radical (unpaired) electrons. The molecule has 0 aliphatic heterocycles. The Balaban J connectivity index is 1.62. The Morgan fingerprint density at radius 2 is 1.71 bits per heavy atom. The zero-order valence-corrected chi connectivity index (χ0v) is 15.1. The van der Waals surface area contributed by atoms with Gasteiger partial charge in [-0.3, -0.25) is 9.59 Å². The van der Waals surface area contributed by atoms with Gasteiger partial charge in [-0.25, -0.2) is 0 Å². The van der Waals surface area contributed by atoms with Crippen molar-refractivity contribution in [2.45, 2.75) is 6.54 Å². The number of nitrogens with two attached hydrogens (primary N) is 1. The number of nitrogens with one attached hydrogen (secondary N) is 2. The first-order chi connectivity index (χ1) is 13.6. The smallest absolute Gasteiger partial charge is 0.251 e. The largest absolute Gasteiger partial charge is 0.366 e. The van der Waals surface area contributed by atoms with E-state index in [2.05, 4.69) is 10.3 Å². The summed E-state index contributed by atoms with van der Waals surface area (Å²) >= 11 is 0. The Labute approximate surface area is 162 Å². The highest BCUT2D eigenvalue weighted by Gasteiger charge is 2.12. The van der Waals surface area contributed by atoms with E-state index in [0.29, 0.717) is 23.2 Å². The van der Waals surface area contributed by atoms with Crippen LogP contribution in [0.25, 0.3) is 22.0 Å². The van der Waals surface area contributed by atoms with Crippen molar-refractivity contribution in [1.29, 1.82) is 0 Å². The van der Waals surface area contributed by atoms with Crippen LogP contribution in [-0.2, 0) is 6.54 Å². The number of aromatic nitrogens is 1. The molecule has 0 atom stereocenters. The van der Waals surface area contributed by atoms with Gasteiger partial charge in [0.25, 0.3) is 11.8 Å². The molecular weight excluding hydrogens is 350 g/mol. The van der Waals surface area contributed by atoms with Crippen LogP contribution < -0.4 is 11.1 Å². The summed E-state index contributed by atoms with van der Waals surface area (Å²) < 4.78 is 0. The number of amides is 2. The summed E-state index contributed by atoms with van der Waals surface area (Å²) in [6.45, 7) is 0.463. The number of rotatable bonds is 5. The van der Waals surface area contributed by atoms with E-state index in [4.69, 9.17) is 5.73 Å². The first-order valence-corrected chi connectivity index (χ1v) is 8.95. The molecule has 138 valence electrons. The van der Waals surface area contributed by atoms with Gasteiger partial charge in [0.2, 0.25) is 0 Å². The zero-order valence-electron chi connectivity index (χ0n) is 15.1. The second-order valence-electron chi connectivity index (χ2n) is 6.58. The van der Waals surface area contributed by atoms with Gasteiger partial charge in [0, 0.05) is 23.7 Å². The third-order valence-electron chi connectivity index (χ3n) is 4.68. The molecular formula is C23H19N3O2. The van der Waals surface area contributed by atoms with Crippen LogP contribution in [0, 0.1) is 0 Å². The van der Waals surface area contributed by atoms with Crippen LogP contribution in [0.1, 0.15) is 26.3 Å². The van der Waals surface area contributed by atoms with Gasteiger partial charge in [-0.1, -0.05) is 42.5 Å². The molecule has 1 aromatic heterocycles. The predicted octanol–water partition coefficient (Wildman–Crippen LogP) is 3.86. The lowest BCUT2D eigenvalue weighted by Gasteiger charge is -2.09. The maximum atomic E-state index is 12.6. The number of H-pyrrole nitrogens is 1. The molecule has 4 N–H and O–H groups in total. The summed E-state index contributed by atoms with van der Waals surface area (Å²) in [4.78, 5) is 27.4. The van der Waals surface area contributed by atoms with Crippen molar-refractivity contribution in [3.05, 3.63) is 95.7 Å². The molecule has 0 bridgehead atoms. The summed E-state index contributed by atoms with van der Waals surface area (Å²) in [5, 5.41) is 3.82. The molecule has 5 nitrogen and oxygen atoms in total. The number of carbonyl (C=O) groups is 2. The van der Waals surface area contributed by atoms with Crippen molar-refractivity contribution < 1.29 is 9.59 Å². The molecule has 4 rings (SSSR count). The van der Waals surface area contributed by atoms with Gasteiger partial charge in [-0.2, -0.15) is 0 Å². The van der Waals surface area contributed by atoms with Gasteiger partial charge in [0.05, 0.1) is 11.1 Å². The second-order valence-corrected chi connectivity index (χ2v) is 6.58. The Bertz CT molecular complexity index is 1160. The standard InChI is InChI=1S/C23H19N3O2/c24-22(27)20-13-19(12-17-9-10-25-21(17)20)16-7-4-8-18(11-16)23(28)26-14-15-5-2-1-3-6-15/h1-13,25H,14H2,(H2,24,27)(H,26,28). The van der Waals surface area contributed by atoms with Crippen LogP contribution >= 0.6 is 0 Å². The van der Waals surface area contributed by atoms with Gasteiger partial charge in [0.15, 0.2) is 0 Å². The minimum Gasteiger partial charge on any atom is -0.366 e. The van der Waals surface area contributed by atoms with E-state index in [1.54, 1.807) is 18.3 Å². The molecule has 5 heteroatoms. The highest BCUT2D eigenvalue weighted by atomic mass is 16.2. The first-order valence-electron chi connectivity index (χ1n) is 8.95. The number of aromatic amines is 1. The molecule has 0 fully saturated rings. The fourth-order valence-electron chi connectivity index (χ4n) is 3.25. The van der Waals surface area contributed by atoms with Gasteiger partial charge < -0.3 is 16.0 Å². The normalized spacial score (nSPS) is 10.7. The van der Waals surface area contributed by atoms with Crippen LogP contribution in [0.2, 0.25) is 0 Å². The molecule has 4 aromatic rings. The lowest BCUT2D eigenvalue weighted by molar-refractivity contribution is 0.0949. The first kappa shape index (κ1) is 17.5. The topological polar surface area (TPSA) is 88.0 Å². The van der Waals surface area contributed by atoms with Gasteiger partial charge >= 0.3 is 0 Å². The lowest BCUT2D eigenvalue weighted by atomic mass is 9.98. The molecule has 2 amide bonds. The lowest BCUT2D eigenvalue weighted by Crippen LogP contribution is -2.22. The molecule has 0 aliphatic carbocycles. The van der Waals surface area contributed by atoms with Gasteiger partial charge in [-0.05, 0) is 47.0 Å². The molecule has 0 spiro atoms. The second kappa shape index (κ2) is 7.40. The summed E-state index contributed by atoms with van der Waals surface area (Å²) in [6, 6.07) is 22.7. The van der Waals surface area contributed by atoms with E-state index in [1.807, 2.05) is 60.7 Å². The van der Waals surface area contributed by atoms with Crippen LogP contribution in [0.4, 0.5) is 0 Å². The average Bonchev–Trinajstić information content (AvgIpc) is 3.20. The molecule has 1 heterocycles. The van der Waals surface area contributed by atoms with E-state index >= 15 is 0 Å². The average molecular weight is 369 g/mol. The Hall–Kier alpha value is -3.86. The molecule has 0 unspecified atom stereocenters. The van der Waals surface area contributed by atoms with Gasteiger partial charge in [-0.15, -0.1) is 0 Å². The van der Waals surface area contributed by atoms with Crippen LogP contribution in [0.5, 0.6) is 0 Å². The number of hydrogen-bond donors (Lipinski definition) is 3. The Morgan fingerprint density at radius 3 is 2.50 bits per heavy atom. The fourth-order valence-corrected chi connectivity index (χ4v) is 3.25. The van der Waals surface area contributed by atoms with E-state index in [1.165, 1.54) is 0 Å². The van der Waals surface area contributed by atoms with E-state index in [0.717, 1.165) is 22.1 Å². The van der Waals surface area contributed by atoms with Crippen LogP contribution in [0.15, 0.2) is 79.0 Å². The molecule has 0 saturated carbocycles. The monoisotopic (exact) mass is 369 g/mol. The highest BCUT2D eigenvalue weighted by molar-refractivity contribution is 6.07. The zero-order chi connectivity index (χ0) is 19.5. The van der Waals surface area contributed by atoms with Crippen molar-refractivity contribution in [3.63, 3.8) is 0 Å².